The number of nitrogens with zero attached hydrogens (tertiary/aromatic N) is 3. The van der Waals surface area contributed by atoms with Gasteiger partial charge in [0.05, 0.1) is 6.61 Å². The minimum Gasteiger partial charge on any atom is -0.463 e. The number of unbranched alkanes of at least 4 members (excludes halogenated alkanes) is 1. The fraction of sp³-hybridized carbons (Fsp3) is 0.308. The van der Waals surface area contributed by atoms with Crippen molar-refractivity contribution in [3.63, 3.8) is 0 Å². The van der Waals surface area contributed by atoms with Gasteiger partial charge in [-0.25, -0.2) is 4.98 Å². The van der Waals surface area contributed by atoms with Crippen LogP contribution in [-0.2, 0) is 0 Å². The second-order valence-corrected chi connectivity index (χ2v) is 3.61. The van der Waals surface area contributed by atoms with E-state index in [0.717, 1.165) is 18.4 Å². The Morgan fingerprint density at radius 3 is 2.76 bits per heavy atom. The summed E-state index contributed by atoms with van der Waals surface area (Å²) in [4.78, 5) is 12.1. The van der Waals surface area contributed by atoms with E-state index in [1.54, 1.807) is 0 Å². The first kappa shape index (κ1) is 11.5. The number of rotatable bonds is 5. The minimum atomic E-state index is 0.340. The highest BCUT2D eigenvalue weighted by Crippen LogP contribution is 2.14. The summed E-state index contributed by atoms with van der Waals surface area (Å²) >= 11 is 0. The van der Waals surface area contributed by atoms with E-state index >= 15 is 0 Å². The molecular weight excluding hydrogens is 214 g/mol. The van der Waals surface area contributed by atoms with E-state index in [2.05, 4.69) is 28.2 Å². The van der Waals surface area contributed by atoms with Crippen LogP contribution in [0.15, 0.2) is 30.3 Å². The lowest BCUT2D eigenvalue weighted by Crippen LogP contribution is -2.02. The summed E-state index contributed by atoms with van der Waals surface area (Å²) in [5.74, 6) is 0.590. The summed E-state index contributed by atoms with van der Waals surface area (Å²) in [6, 6.07) is 10.1. The molecule has 0 aliphatic heterocycles. The van der Waals surface area contributed by atoms with Gasteiger partial charge in [0, 0.05) is 5.56 Å². The first-order chi connectivity index (χ1) is 8.40. The molecule has 4 nitrogen and oxygen atoms in total. The molecule has 0 aliphatic rings. The molecule has 0 bridgehead atoms. The molecule has 0 saturated heterocycles. The maximum atomic E-state index is 5.42. The van der Waals surface area contributed by atoms with Crippen molar-refractivity contribution in [2.75, 3.05) is 6.61 Å². The average Bonchev–Trinajstić information content (AvgIpc) is 2.41. The number of hydrogen-bond acceptors (Lipinski definition) is 4. The van der Waals surface area contributed by atoms with E-state index in [4.69, 9.17) is 4.74 Å². The molecule has 0 N–H and O–H groups in total. The highest BCUT2D eigenvalue weighted by Gasteiger charge is 2.03. The molecule has 1 radical (unpaired) electrons. The Hall–Kier alpha value is -1.97. The molecule has 1 aromatic heterocycles. The Bertz CT molecular complexity index is 459. The van der Waals surface area contributed by atoms with Gasteiger partial charge in [0.1, 0.15) is 0 Å². The molecular formula is C13H14N3O. The van der Waals surface area contributed by atoms with Crippen molar-refractivity contribution in [3.8, 4) is 17.4 Å². The Labute approximate surface area is 101 Å². The van der Waals surface area contributed by atoms with Crippen LogP contribution in [0, 0.1) is 6.33 Å². The van der Waals surface area contributed by atoms with E-state index in [-0.39, 0.29) is 0 Å². The lowest BCUT2D eigenvalue weighted by molar-refractivity contribution is 0.284. The number of hydrogen-bond donors (Lipinski definition) is 0. The highest BCUT2D eigenvalue weighted by molar-refractivity contribution is 5.53. The number of ether oxygens (including phenoxy) is 1. The van der Waals surface area contributed by atoms with Gasteiger partial charge in [0.2, 0.25) is 6.33 Å². The van der Waals surface area contributed by atoms with Gasteiger partial charge in [-0.1, -0.05) is 43.7 Å². The van der Waals surface area contributed by atoms with Crippen molar-refractivity contribution in [1.29, 1.82) is 0 Å². The van der Waals surface area contributed by atoms with Crippen molar-refractivity contribution >= 4 is 0 Å². The second-order valence-electron chi connectivity index (χ2n) is 3.61. The zero-order valence-electron chi connectivity index (χ0n) is 9.76. The molecule has 2 rings (SSSR count). The van der Waals surface area contributed by atoms with E-state index in [9.17, 15) is 0 Å². The van der Waals surface area contributed by atoms with Crippen LogP contribution in [-0.4, -0.2) is 21.6 Å². The molecule has 87 valence electrons. The zero-order valence-corrected chi connectivity index (χ0v) is 9.76. The monoisotopic (exact) mass is 228 g/mol. The molecule has 0 aliphatic carbocycles. The fourth-order valence-electron chi connectivity index (χ4n) is 1.34. The summed E-state index contributed by atoms with van der Waals surface area (Å²) in [5.41, 5.74) is 0.937. The molecule has 0 amide bonds. The normalized spacial score (nSPS) is 10.2. The van der Waals surface area contributed by atoms with Gasteiger partial charge in [-0.3, -0.25) is 0 Å². The molecule has 4 heteroatoms. The quantitative estimate of drug-likeness (QED) is 0.738. The third-order valence-corrected chi connectivity index (χ3v) is 2.26. The average molecular weight is 228 g/mol. The molecule has 2 aromatic rings. The third kappa shape index (κ3) is 3.24. The molecule has 1 heterocycles. The largest absolute Gasteiger partial charge is 0.463 e. The lowest BCUT2D eigenvalue weighted by Gasteiger charge is -2.03. The summed E-state index contributed by atoms with van der Waals surface area (Å²) in [7, 11) is 0. The lowest BCUT2D eigenvalue weighted by atomic mass is 10.2. The standard InChI is InChI=1S/C13H14N3O/c1-2-3-9-17-13-15-10-14-12(16-13)11-7-5-4-6-8-11/h4-8H,2-3,9H2,1H3. The van der Waals surface area contributed by atoms with Crippen LogP contribution >= 0.6 is 0 Å². The smallest absolute Gasteiger partial charge is 0.320 e. The maximum absolute atomic E-state index is 5.42. The van der Waals surface area contributed by atoms with Gasteiger partial charge in [-0.05, 0) is 6.42 Å². The number of aromatic nitrogens is 3. The predicted molar refractivity (Wildman–Crippen MR) is 64.5 cm³/mol. The highest BCUT2D eigenvalue weighted by atomic mass is 16.5. The predicted octanol–water partition coefficient (Wildman–Crippen LogP) is 2.52. The van der Waals surface area contributed by atoms with Gasteiger partial charge in [0.25, 0.3) is 0 Å². The molecule has 0 spiro atoms. The zero-order chi connectivity index (χ0) is 11.9. The van der Waals surface area contributed by atoms with Gasteiger partial charge < -0.3 is 4.74 Å². The first-order valence-electron chi connectivity index (χ1n) is 5.70. The summed E-state index contributed by atoms with van der Waals surface area (Å²) in [6.07, 6.45) is 4.64. The SMILES string of the molecule is CCCCOc1n[c]nc(-c2ccccc2)n1. The maximum Gasteiger partial charge on any atom is 0.320 e. The molecule has 17 heavy (non-hydrogen) atoms. The second kappa shape index (κ2) is 5.94. The van der Waals surface area contributed by atoms with Crippen LogP contribution in [0.25, 0.3) is 11.4 Å². The number of benzene rings is 1. The van der Waals surface area contributed by atoms with Gasteiger partial charge in [-0.15, -0.1) is 0 Å². The van der Waals surface area contributed by atoms with Crippen LogP contribution in [0.1, 0.15) is 19.8 Å². The van der Waals surface area contributed by atoms with Gasteiger partial charge in [0.15, 0.2) is 5.82 Å². The first-order valence-corrected chi connectivity index (χ1v) is 5.70. The fourth-order valence-corrected chi connectivity index (χ4v) is 1.34. The molecule has 0 atom stereocenters. The van der Waals surface area contributed by atoms with E-state index in [1.807, 2.05) is 30.3 Å². The molecule has 0 fully saturated rings. The van der Waals surface area contributed by atoms with E-state index in [1.165, 1.54) is 0 Å². The third-order valence-electron chi connectivity index (χ3n) is 2.26. The van der Waals surface area contributed by atoms with E-state index < -0.39 is 0 Å². The van der Waals surface area contributed by atoms with Gasteiger partial charge >= 0.3 is 6.01 Å². The minimum absolute atomic E-state index is 0.340. The Morgan fingerprint density at radius 1 is 1.18 bits per heavy atom. The molecule has 0 unspecified atom stereocenters. The van der Waals surface area contributed by atoms with E-state index in [0.29, 0.717) is 18.4 Å². The van der Waals surface area contributed by atoms with Crippen LogP contribution in [0.3, 0.4) is 0 Å². The van der Waals surface area contributed by atoms with Crippen LogP contribution in [0.4, 0.5) is 0 Å². The van der Waals surface area contributed by atoms with Crippen molar-refractivity contribution < 1.29 is 4.74 Å². The van der Waals surface area contributed by atoms with Crippen molar-refractivity contribution in [2.45, 2.75) is 19.8 Å². The Balaban J connectivity index is 2.12. The summed E-state index contributed by atoms with van der Waals surface area (Å²) in [6.45, 7) is 2.74. The Kier molecular flexibility index (Phi) is 4.02. The van der Waals surface area contributed by atoms with Crippen molar-refractivity contribution in [2.24, 2.45) is 0 Å². The molecule has 1 aromatic carbocycles. The van der Waals surface area contributed by atoms with Crippen molar-refractivity contribution in [3.05, 3.63) is 36.7 Å². The topological polar surface area (TPSA) is 47.9 Å². The van der Waals surface area contributed by atoms with Gasteiger partial charge in [-0.2, -0.15) is 9.97 Å². The van der Waals surface area contributed by atoms with Crippen LogP contribution in [0.5, 0.6) is 6.01 Å². The summed E-state index contributed by atoms with van der Waals surface area (Å²) < 4.78 is 5.42. The van der Waals surface area contributed by atoms with Crippen molar-refractivity contribution in [1.82, 2.24) is 15.0 Å². The van der Waals surface area contributed by atoms with Crippen LogP contribution in [0.2, 0.25) is 0 Å². The molecule has 0 saturated carbocycles. The summed E-state index contributed by atoms with van der Waals surface area (Å²) in [5, 5.41) is 0. The Morgan fingerprint density at radius 2 is 2.00 bits per heavy atom. The van der Waals surface area contributed by atoms with Crippen LogP contribution < -0.4 is 4.74 Å².